The highest BCUT2D eigenvalue weighted by Gasteiger charge is 2.34. The van der Waals surface area contributed by atoms with Crippen LogP contribution in [0.15, 0.2) is 233 Å². The summed E-state index contributed by atoms with van der Waals surface area (Å²) in [5, 5.41) is 74.8. The molecule has 5 atom stereocenters. The van der Waals surface area contributed by atoms with Crippen molar-refractivity contribution in [2.24, 2.45) is 0 Å². The van der Waals surface area contributed by atoms with Gasteiger partial charge in [-0.15, -0.1) is 5.10 Å². The van der Waals surface area contributed by atoms with Crippen LogP contribution < -0.4 is 37.3 Å². The first kappa shape index (κ1) is 101. The fourth-order valence-corrected chi connectivity index (χ4v) is 15.0. The Morgan fingerprint density at radius 1 is 0.366 bits per heavy atom. The van der Waals surface area contributed by atoms with Crippen molar-refractivity contribution in [2.75, 3.05) is 57.9 Å². The van der Waals surface area contributed by atoms with Gasteiger partial charge in [-0.05, 0) is 108 Å². The van der Waals surface area contributed by atoms with E-state index in [-0.39, 0.29) is 77.7 Å². The van der Waals surface area contributed by atoms with Crippen LogP contribution in [0.2, 0.25) is 0 Å². The van der Waals surface area contributed by atoms with Crippen LogP contribution in [0.25, 0.3) is 101 Å². The lowest BCUT2D eigenvalue weighted by molar-refractivity contribution is -0.138. The van der Waals surface area contributed by atoms with Gasteiger partial charge in [0.25, 0.3) is 35.5 Å². The van der Waals surface area contributed by atoms with Crippen LogP contribution in [0, 0.1) is 13.8 Å². The number of aromatic amines is 9. The topological polar surface area (TPSA) is 645 Å². The molecule has 5 aromatic carbocycles. The fourth-order valence-electron chi connectivity index (χ4n) is 15.0. The minimum atomic E-state index is -4.55. The number of fused-ring (bicyclic) bond motifs is 4. The van der Waals surface area contributed by atoms with E-state index in [2.05, 4.69) is 152 Å². The molecule has 19 aromatic rings. The third-order valence-electron chi connectivity index (χ3n) is 22.1. The largest absolute Gasteiger partial charge is 0.416 e. The number of aromatic nitrogens is 25. The van der Waals surface area contributed by atoms with Crippen molar-refractivity contribution in [1.82, 2.24) is 157 Å². The van der Waals surface area contributed by atoms with Crippen molar-refractivity contribution in [3.8, 4) is 56.4 Å². The van der Waals surface area contributed by atoms with Crippen LogP contribution in [-0.2, 0) is 17.1 Å². The molecule has 0 bridgehead atoms. The number of hydrogen-bond acceptors (Lipinski definition) is 29. The number of imidazole rings is 3. The second kappa shape index (κ2) is 45.2. The van der Waals surface area contributed by atoms with Gasteiger partial charge in [0.1, 0.15) is 99.4 Å². The maximum atomic E-state index is 13.0. The standard InChI is InChI=1S/C21H22F3N7O3.2C19H18N6O2.C18H14F3N7O2.C18H17N7O2/c1-12(33)31(30(2)3)20-27-11-26-18(29-20)14-8-16(25-9-14)19(34)28-17(10-32)13-5-4-6-15(7-13)21(22,23)24;2*1-11-3-2-4-12(5-11)15(8-26)25-19(27)14-6-13(7-20-14)16-17-18(23-9-21-16)24-10-22-17;19-18(20,21)11-3-1-2-9(4-11)13(7-29)25-17(30)12-5-10(6-22-12)14-15-16(24-8-23-14)27-28-26-15;19-12-3-1-2-10(4-12)14(7-26)25-18(27)13-5-11(6-20-13)15-16-17(23-8-21-15)24-9-22-16/h4-9,11,17,25,32H,10H2,1-3H3,(H,28,34);2*2-7,9-10,15,20,26H,8H2,1H3,(H,25,27)(H,21,22,23,24);1-6,8,13,22,29H,7H2,(H,25,30)(H,23,24,26,27,28);1-6,8-9,14,20,26H,7,19H2,(H,25,27)(H,21,22,23,24)/t17-;2*15-;13-;14-/m11111/s1. The number of H-pyrrole nitrogens is 9. The summed E-state index contributed by atoms with van der Waals surface area (Å²) >= 11 is 0. The van der Waals surface area contributed by atoms with Crippen molar-refractivity contribution in [3.63, 3.8) is 0 Å². The van der Waals surface area contributed by atoms with Crippen LogP contribution in [0.1, 0.15) is 140 Å². The molecule has 742 valence electrons. The first-order valence-electron chi connectivity index (χ1n) is 43.8. The van der Waals surface area contributed by atoms with Gasteiger partial charge in [-0.25, -0.2) is 69.8 Å². The molecular weight excluding hydrogens is 1890 g/mol. The first-order chi connectivity index (χ1) is 69.8. The lowest BCUT2D eigenvalue weighted by atomic mass is 10.0. The molecule has 44 nitrogen and oxygen atoms in total. The number of carbonyl (C=O) groups is 6. The van der Waals surface area contributed by atoms with Crippen LogP contribution in [0.5, 0.6) is 0 Å². The number of hydrazine groups is 1. The van der Waals surface area contributed by atoms with Gasteiger partial charge >= 0.3 is 12.4 Å². The molecule has 0 aliphatic heterocycles. The van der Waals surface area contributed by atoms with Crippen molar-refractivity contribution < 1.29 is 80.6 Å². The zero-order valence-electron chi connectivity index (χ0n) is 76.9. The third-order valence-corrected chi connectivity index (χ3v) is 22.1. The molecule has 14 aromatic heterocycles. The van der Waals surface area contributed by atoms with E-state index in [1.807, 2.05) is 62.4 Å². The number of anilines is 2. The molecule has 21 N–H and O–H groups in total. The lowest BCUT2D eigenvalue weighted by Crippen LogP contribution is -2.41. The van der Waals surface area contributed by atoms with E-state index >= 15 is 0 Å². The van der Waals surface area contributed by atoms with Gasteiger partial charge in [0, 0.05) is 85.5 Å². The fraction of sp³-hybridized carbons (Fsp3) is 0.179. The summed E-state index contributed by atoms with van der Waals surface area (Å²) in [5.74, 6) is -2.28. The second-order valence-electron chi connectivity index (χ2n) is 32.3. The summed E-state index contributed by atoms with van der Waals surface area (Å²) in [6.07, 6.45) is 10.5. The van der Waals surface area contributed by atoms with Crippen LogP contribution in [0.3, 0.4) is 0 Å². The van der Waals surface area contributed by atoms with E-state index in [1.165, 1.54) is 97.4 Å². The molecule has 0 spiro atoms. The molecule has 0 aliphatic rings. The second-order valence-corrected chi connectivity index (χ2v) is 32.3. The Balaban J connectivity index is 0.000000137. The lowest BCUT2D eigenvalue weighted by Gasteiger charge is -2.25. The highest BCUT2D eigenvalue weighted by molar-refractivity contribution is 6.00. The number of benzene rings is 5. The molecular formula is C95H89F6N33O11. The number of aryl methyl sites for hydroxylation is 2. The van der Waals surface area contributed by atoms with Crippen molar-refractivity contribution >= 4 is 91.7 Å². The monoisotopic (exact) mass is 1980 g/mol. The number of nitrogens with zero attached hydrogens (tertiary/aromatic N) is 18. The summed E-state index contributed by atoms with van der Waals surface area (Å²) in [6.45, 7) is 3.47. The third kappa shape index (κ3) is 24.4. The SMILES string of the molecule is CC(=O)N(c1ncnc(-c2c[nH]c(C(=O)N[C@H](CO)c3cccc(C(F)(F)F)c3)c2)n1)N(C)C.Cc1cccc([C@@H](CO)NC(=O)c2cc(-c3ncnc4nc[nH]c34)c[nH]2)c1.Cc1cccc([C@@H](CO)NC(=O)c2cc(-c3ncnc4nc[nH]c34)c[nH]2)c1.Nc1cccc([C@@H](CO)NC(=O)c2cc(-c3ncnc4nc[nH]c34)c[nH]2)c1.O=C(N[C@H](CO)c1cccc(C(F)(F)F)c1)c1cc(-c2ncnc3n[nH]nc23)c[nH]1. The predicted molar refractivity (Wildman–Crippen MR) is 513 cm³/mol. The van der Waals surface area contributed by atoms with Crippen LogP contribution in [-0.4, -0.2) is 238 Å². The molecule has 0 saturated carbocycles. The molecule has 0 fully saturated rings. The van der Waals surface area contributed by atoms with E-state index in [9.17, 15) is 80.6 Å². The molecule has 50 heteroatoms. The molecule has 0 saturated heterocycles. The van der Waals surface area contributed by atoms with Gasteiger partial charge < -0.3 is 97.7 Å². The Hall–Kier alpha value is -18.4. The van der Waals surface area contributed by atoms with Crippen LogP contribution in [0.4, 0.5) is 38.0 Å². The highest BCUT2D eigenvalue weighted by atomic mass is 19.4. The number of aliphatic hydroxyl groups is 5. The number of amides is 6. The average molecular weight is 1980 g/mol. The van der Waals surface area contributed by atoms with Crippen molar-refractivity contribution in [2.45, 2.75) is 63.3 Å². The number of nitrogen functional groups attached to an aromatic ring is 1. The Morgan fingerprint density at radius 2 is 0.683 bits per heavy atom. The number of halogens is 6. The molecule has 19 rings (SSSR count). The molecule has 0 unspecified atom stereocenters. The minimum absolute atomic E-state index is 0.0680. The number of alkyl halides is 6. The van der Waals surface area contributed by atoms with Gasteiger partial charge in [-0.1, -0.05) is 96.1 Å². The summed E-state index contributed by atoms with van der Waals surface area (Å²) in [6, 6.07) is 35.7. The van der Waals surface area contributed by atoms with Gasteiger partial charge in [-0.2, -0.15) is 46.6 Å². The summed E-state index contributed by atoms with van der Waals surface area (Å²) < 4.78 is 77.8. The maximum absolute atomic E-state index is 13.0. The van der Waals surface area contributed by atoms with Gasteiger partial charge in [0.15, 0.2) is 28.3 Å². The Kier molecular flexibility index (Phi) is 31.5. The number of nitrogens with one attached hydrogen (secondary N) is 14. The zero-order chi connectivity index (χ0) is 103. The quantitative estimate of drug-likeness (QED) is 0.0129. The minimum Gasteiger partial charge on any atom is -0.399 e. The Bertz CT molecular complexity index is 7360. The Labute approximate surface area is 814 Å². The van der Waals surface area contributed by atoms with E-state index in [0.717, 1.165) is 68.8 Å². The van der Waals surface area contributed by atoms with Crippen molar-refractivity contribution in [3.05, 3.63) is 312 Å². The van der Waals surface area contributed by atoms with Crippen LogP contribution >= 0.6 is 0 Å². The molecule has 145 heavy (non-hydrogen) atoms. The zero-order valence-corrected chi connectivity index (χ0v) is 76.9. The van der Waals surface area contributed by atoms with E-state index in [1.54, 1.807) is 94.1 Å². The number of carbonyl (C=O) groups excluding carboxylic acids is 6. The van der Waals surface area contributed by atoms with E-state index < -0.39 is 78.7 Å². The van der Waals surface area contributed by atoms with Gasteiger partial charge in [0.05, 0.1) is 93.4 Å². The molecule has 14 heterocycles. The number of hydrogen-bond donors (Lipinski definition) is 20. The number of aliphatic hydroxyl groups excluding tert-OH is 5. The smallest absolute Gasteiger partial charge is 0.399 e. The summed E-state index contributed by atoms with van der Waals surface area (Å²) in [4.78, 5) is 156. The number of nitrogens with two attached hydrogens (primary N) is 1. The van der Waals surface area contributed by atoms with Crippen molar-refractivity contribution in [1.29, 1.82) is 0 Å². The van der Waals surface area contributed by atoms with E-state index in [4.69, 9.17) is 5.73 Å². The number of rotatable bonds is 27. The average Bonchev–Trinajstić information content (AvgIpc) is 1.64. The van der Waals surface area contributed by atoms with Gasteiger partial charge in [-0.3, -0.25) is 28.8 Å². The predicted octanol–water partition coefficient (Wildman–Crippen LogP) is 10.0. The highest BCUT2D eigenvalue weighted by Crippen LogP contribution is 2.36. The van der Waals surface area contributed by atoms with Gasteiger partial charge in [0.2, 0.25) is 11.6 Å². The summed E-state index contributed by atoms with van der Waals surface area (Å²) in [5.41, 5.74) is 20.8. The first-order valence-corrected chi connectivity index (χ1v) is 43.8. The molecule has 6 amide bonds. The maximum Gasteiger partial charge on any atom is 0.416 e. The Morgan fingerprint density at radius 3 is 1.03 bits per heavy atom. The molecule has 0 radical (unpaired) electrons. The molecule has 0 aliphatic carbocycles. The normalized spacial score (nSPS) is 12.4. The van der Waals surface area contributed by atoms with E-state index in [0.29, 0.717) is 101 Å². The summed E-state index contributed by atoms with van der Waals surface area (Å²) in [7, 11) is 3.29.